The number of ether oxygens (including phenoxy) is 1. The Hall–Kier alpha value is -4.65. The Morgan fingerprint density at radius 2 is 1.89 bits per heavy atom. The van der Waals surface area contributed by atoms with Gasteiger partial charge in [0.1, 0.15) is 5.75 Å². The number of pyridine rings is 2. The molecule has 7 rings (SSSR count). The Morgan fingerprint density at radius 3 is 2.63 bits per heavy atom. The highest BCUT2D eigenvalue weighted by molar-refractivity contribution is 5.98. The van der Waals surface area contributed by atoms with Crippen molar-refractivity contribution in [2.24, 2.45) is 0 Å². The first kappa shape index (κ1) is 23.7. The molecule has 0 saturated heterocycles. The highest BCUT2D eigenvalue weighted by Gasteiger charge is 2.47. The number of carbonyl (C=O) groups excluding carboxylic acids is 1. The van der Waals surface area contributed by atoms with Gasteiger partial charge in [0.25, 0.3) is 5.91 Å². The molecule has 2 N–H and O–H groups in total. The van der Waals surface area contributed by atoms with Crippen molar-refractivity contribution in [1.29, 1.82) is 0 Å². The number of methoxy groups -OCH3 is 1. The van der Waals surface area contributed by atoms with E-state index in [1.54, 1.807) is 19.4 Å². The minimum Gasteiger partial charge on any atom is -0.497 e. The van der Waals surface area contributed by atoms with Crippen molar-refractivity contribution in [3.8, 4) is 17.0 Å². The summed E-state index contributed by atoms with van der Waals surface area (Å²) in [6.07, 6.45) is 11.4. The maximum absolute atomic E-state index is 13.4. The van der Waals surface area contributed by atoms with Gasteiger partial charge in [-0.15, -0.1) is 0 Å². The van der Waals surface area contributed by atoms with Crippen molar-refractivity contribution < 1.29 is 9.53 Å². The molecule has 1 saturated carbocycles. The fourth-order valence-electron chi connectivity index (χ4n) is 4.84. The Bertz CT molecular complexity index is 1680. The molecule has 0 atom stereocenters. The third kappa shape index (κ3) is 4.36. The molecule has 0 unspecified atom stereocenters. The van der Waals surface area contributed by atoms with Crippen molar-refractivity contribution in [3.05, 3.63) is 108 Å². The summed E-state index contributed by atoms with van der Waals surface area (Å²) in [5, 5.41) is 7.33. The summed E-state index contributed by atoms with van der Waals surface area (Å²) < 4.78 is 7.35. The van der Waals surface area contributed by atoms with Crippen molar-refractivity contribution in [2.75, 3.05) is 13.7 Å². The van der Waals surface area contributed by atoms with Crippen LogP contribution in [0.1, 0.15) is 34.3 Å². The van der Waals surface area contributed by atoms with Crippen LogP contribution in [-0.2, 0) is 5.54 Å². The number of nitrogens with one attached hydrogen (secondary N) is 2. The second-order valence-corrected chi connectivity index (χ2v) is 9.71. The predicted molar refractivity (Wildman–Crippen MR) is 149 cm³/mol. The van der Waals surface area contributed by atoms with Gasteiger partial charge >= 0.3 is 0 Å². The molecule has 0 spiro atoms. The molecule has 4 heterocycles. The van der Waals surface area contributed by atoms with E-state index in [0.717, 1.165) is 58.2 Å². The molecule has 3 aromatic heterocycles. The van der Waals surface area contributed by atoms with E-state index < -0.39 is 5.54 Å². The van der Waals surface area contributed by atoms with Gasteiger partial charge in [0.2, 0.25) is 0 Å². The number of fused-ring (bicyclic) bond motifs is 2. The summed E-state index contributed by atoms with van der Waals surface area (Å²) in [5.41, 5.74) is 6.02. The number of rotatable bonds is 5. The quantitative estimate of drug-likeness (QED) is 0.336. The van der Waals surface area contributed by atoms with Crippen LogP contribution in [-0.4, -0.2) is 33.9 Å². The minimum atomic E-state index is -0.431. The summed E-state index contributed by atoms with van der Waals surface area (Å²) in [5.74, 6) is 0.577. The second-order valence-electron chi connectivity index (χ2n) is 9.71. The van der Waals surface area contributed by atoms with Crippen LogP contribution in [0, 0.1) is 6.92 Å². The molecular formula is C31H29N5O2. The van der Waals surface area contributed by atoms with Crippen LogP contribution < -0.4 is 15.4 Å². The lowest BCUT2D eigenvalue weighted by atomic mass is 9.94. The number of imidazole rings is 1. The molecule has 2 aliphatic rings. The number of nitrogens with zero attached hydrogens (tertiary/aromatic N) is 3. The number of carbonyl (C=O) groups is 1. The van der Waals surface area contributed by atoms with E-state index in [1.165, 1.54) is 0 Å². The molecule has 1 fully saturated rings. The Kier molecular flexibility index (Phi) is 6.04. The third-order valence-electron chi connectivity index (χ3n) is 7.22. The monoisotopic (exact) mass is 503 g/mol. The molecule has 1 aliphatic heterocycles. The molecule has 7 nitrogen and oxygen atoms in total. The predicted octanol–water partition coefficient (Wildman–Crippen LogP) is 5.39. The van der Waals surface area contributed by atoms with Crippen LogP contribution in [0.15, 0.2) is 91.7 Å². The number of benzene rings is 2. The van der Waals surface area contributed by atoms with Gasteiger partial charge in [-0.1, -0.05) is 18.2 Å². The molecular weight excluding hydrogens is 474 g/mol. The normalized spacial score (nSPS) is 14.7. The van der Waals surface area contributed by atoms with Gasteiger partial charge in [0.05, 0.1) is 35.7 Å². The first-order valence-corrected chi connectivity index (χ1v) is 12.7. The fourth-order valence-corrected chi connectivity index (χ4v) is 4.84. The second kappa shape index (κ2) is 9.67. The van der Waals surface area contributed by atoms with E-state index >= 15 is 0 Å². The summed E-state index contributed by atoms with van der Waals surface area (Å²) in [6, 6.07) is 19.9. The van der Waals surface area contributed by atoms with Gasteiger partial charge in [-0.05, 0) is 85.6 Å². The smallest absolute Gasteiger partial charge is 0.252 e. The third-order valence-corrected chi connectivity index (χ3v) is 7.22. The van der Waals surface area contributed by atoms with E-state index in [0.29, 0.717) is 11.3 Å². The average Bonchev–Trinajstić information content (AvgIpc) is 3.55. The van der Waals surface area contributed by atoms with Crippen LogP contribution in [0.2, 0.25) is 0 Å². The maximum Gasteiger partial charge on any atom is 0.252 e. The highest BCUT2D eigenvalue weighted by Crippen LogP contribution is 2.49. The van der Waals surface area contributed by atoms with Crippen molar-refractivity contribution in [1.82, 2.24) is 25.0 Å². The zero-order valence-corrected chi connectivity index (χ0v) is 21.4. The first-order valence-electron chi connectivity index (χ1n) is 12.7. The van der Waals surface area contributed by atoms with Crippen molar-refractivity contribution in [3.63, 3.8) is 0 Å². The topological polar surface area (TPSA) is 80.5 Å². The summed E-state index contributed by atoms with van der Waals surface area (Å²) >= 11 is 0. The fraction of sp³-hybridized carbons (Fsp3) is 0.194. The zero-order chi connectivity index (χ0) is 26.1. The van der Waals surface area contributed by atoms with Crippen LogP contribution in [0.25, 0.3) is 27.7 Å². The number of hydrogen-bond donors (Lipinski definition) is 2. The average molecular weight is 504 g/mol. The van der Waals surface area contributed by atoms with Crippen LogP contribution >= 0.6 is 0 Å². The van der Waals surface area contributed by atoms with Gasteiger partial charge in [-0.3, -0.25) is 9.78 Å². The lowest BCUT2D eigenvalue weighted by Crippen LogP contribution is -2.35. The Balaban J connectivity index is 0.000000606. The molecule has 2 aromatic carbocycles. The van der Waals surface area contributed by atoms with Gasteiger partial charge in [-0.2, -0.15) is 0 Å². The van der Waals surface area contributed by atoms with Gasteiger partial charge < -0.3 is 19.8 Å². The summed E-state index contributed by atoms with van der Waals surface area (Å²) in [4.78, 5) is 22.7. The number of aromatic nitrogens is 3. The lowest BCUT2D eigenvalue weighted by molar-refractivity contribution is 0.0930. The minimum absolute atomic E-state index is 0.0937. The molecule has 7 heteroatoms. The SMILES string of the molecule is C1=CNC1.COc1ccc(C)c(C(=O)NC2(c3cc(-c4ncn5ccccc45)cc4ncccc34)CC2)c1. The number of amides is 1. The molecule has 5 aromatic rings. The number of aryl methyl sites for hydroxylation is 1. The van der Waals surface area contributed by atoms with E-state index in [4.69, 9.17) is 4.74 Å². The van der Waals surface area contributed by atoms with Gasteiger partial charge in [-0.25, -0.2) is 4.98 Å². The van der Waals surface area contributed by atoms with Crippen LogP contribution in [0.3, 0.4) is 0 Å². The van der Waals surface area contributed by atoms with Gasteiger partial charge in [0, 0.05) is 35.5 Å². The molecule has 38 heavy (non-hydrogen) atoms. The first-order chi connectivity index (χ1) is 18.6. The maximum atomic E-state index is 13.4. The van der Waals surface area contributed by atoms with Crippen molar-refractivity contribution >= 4 is 22.3 Å². The van der Waals surface area contributed by atoms with E-state index in [-0.39, 0.29) is 5.91 Å². The van der Waals surface area contributed by atoms with E-state index in [2.05, 4.69) is 50.9 Å². The summed E-state index contributed by atoms with van der Waals surface area (Å²) in [6.45, 7) is 3.01. The molecule has 190 valence electrons. The van der Waals surface area contributed by atoms with Crippen LogP contribution in [0.4, 0.5) is 0 Å². The standard InChI is InChI=1S/C28H24N4O2.C3H5N/c1-18-8-9-20(34-2)16-22(18)27(33)31-28(10-11-28)23-14-19(15-24-21(23)6-5-12-29-24)26-25-7-3-4-13-32(25)17-30-26;1-2-4-3-1/h3-9,12-17H,10-11H2,1-2H3,(H,31,33);1-2,4H,3H2. The highest BCUT2D eigenvalue weighted by atomic mass is 16.5. The molecule has 0 bridgehead atoms. The molecule has 0 radical (unpaired) electrons. The largest absolute Gasteiger partial charge is 0.497 e. The van der Waals surface area contributed by atoms with E-state index in [1.807, 2.05) is 60.4 Å². The number of hydrogen-bond acceptors (Lipinski definition) is 5. The molecule has 1 aliphatic carbocycles. The molecule has 1 amide bonds. The Morgan fingerprint density at radius 1 is 1.08 bits per heavy atom. The van der Waals surface area contributed by atoms with Crippen LogP contribution in [0.5, 0.6) is 5.75 Å². The van der Waals surface area contributed by atoms with Crippen molar-refractivity contribution in [2.45, 2.75) is 25.3 Å². The van der Waals surface area contributed by atoms with E-state index in [9.17, 15) is 4.79 Å². The lowest BCUT2D eigenvalue weighted by Gasteiger charge is -2.22. The zero-order valence-electron chi connectivity index (χ0n) is 21.4. The summed E-state index contributed by atoms with van der Waals surface area (Å²) in [7, 11) is 1.61. The Labute approximate surface area is 221 Å². The van der Waals surface area contributed by atoms with Gasteiger partial charge in [0.15, 0.2) is 0 Å².